The summed E-state index contributed by atoms with van der Waals surface area (Å²) in [6.45, 7) is 1.89. The number of hydrogen-bond donors (Lipinski definition) is 2. The molecule has 1 heterocycles. The molecule has 1 aromatic heterocycles. The maximum absolute atomic E-state index is 12.3. The molecule has 132 valence electrons. The lowest BCUT2D eigenvalue weighted by atomic mass is 10.1. The van der Waals surface area contributed by atoms with Gasteiger partial charge in [-0.25, -0.2) is 0 Å². The SMILES string of the molecule is COc1cc(NC(=S)NC(=O)c2ccccc2C)ccc1-n1cccc1. The Hall–Kier alpha value is -3.12. The molecule has 3 aromatic rings. The Kier molecular flexibility index (Phi) is 5.34. The van der Waals surface area contributed by atoms with Crippen molar-refractivity contribution in [3.63, 3.8) is 0 Å². The Labute approximate surface area is 157 Å². The van der Waals surface area contributed by atoms with Crippen molar-refractivity contribution in [3.8, 4) is 11.4 Å². The van der Waals surface area contributed by atoms with E-state index in [1.807, 2.05) is 72.4 Å². The summed E-state index contributed by atoms with van der Waals surface area (Å²) in [5.74, 6) is 0.454. The van der Waals surface area contributed by atoms with E-state index in [9.17, 15) is 4.79 Å². The number of ether oxygens (including phenoxy) is 1. The zero-order valence-corrected chi connectivity index (χ0v) is 15.3. The normalized spacial score (nSPS) is 10.2. The van der Waals surface area contributed by atoms with Gasteiger partial charge in [-0.3, -0.25) is 10.1 Å². The van der Waals surface area contributed by atoms with E-state index < -0.39 is 0 Å². The zero-order valence-electron chi connectivity index (χ0n) is 14.5. The van der Waals surface area contributed by atoms with Gasteiger partial charge in [0.25, 0.3) is 5.91 Å². The van der Waals surface area contributed by atoms with Crippen LogP contribution in [0.25, 0.3) is 5.69 Å². The molecule has 3 rings (SSSR count). The quantitative estimate of drug-likeness (QED) is 0.688. The predicted molar refractivity (Wildman–Crippen MR) is 107 cm³/mol. The van der Waals surface area contributed by atoms with Crippen molar-refractivity contribution in [2.45, 2.75) is 6.92 Å². The summed E-state index contributed by atoms with van der Waals surface area (Å²) in [4.78, 5) is 12.3. The van der Waals surface area contributed by atoms with Gasteiger partial charge in [0.15, 0.2) is 5.11 Å². The third-order valence-electron chi connectivity index (χ3n) is 3.94. The van der Waals surface area contributed by atoms with Crippen LogP contribution in [0.2, 0.25) is 0 Å². The topological polar surface area (TPSA) is 55.3 Å². The van der Waals surface area contributed by atoms with Crippen molar-refractivity contribution < 1.29 is 9.53 Å². The molecule has 0 bridgehead atoms. The van der Waals surface area contributed by atoms with Crippen molar-refractivity contribution in [2.75, 3.05) is 12.4 Å². The molecule has 0 spiro atoms. The number of aromatic nitrogens is 1. The highest BCUT2D eigenvalue weighted by Gasteiger charge is 2.11. The van der Waals surface area contributed by atoms with Gasteiger partial charge < -0.3 is 14.6 Å². The summed E-state index contributed by atoms with van der Waals surface area (Å²) in [6, 6.07) is 16.9. The highest BCUT2D eigenvalue weighted by molar-refractivity contribution is 7.80. The van der Waals surface area contributed by atoms with Crippen LogP contribution in [0.4, 0.5) is 5.69 Å². The molecule has 0 saturated carbocycles. The molecule has 0 fully saturated rings. The van der Waals surface area contributed by atoms with E-state index in [0.29, 0.717) is 11.3 Å². The van der Waals surface area contributed by atoms with Crippen molar-refractivity contribution >= 4 is 28.9 Å². The van der Waals surface area contributed by atoms with Crippen LogP contribution in [0.1, 0.15) is 15.9 Å². The monoisotopic (exact) mass is 365 g/mol. The van der Waals surface area contributed by atoms with Crippen LogP contribution in [0, 0.1) is 6.92 Å². The molecule has 0 radical (unpaired) electrons. The van der Waals surface area contributed by atoms with Crippen LogP contribution >= 0.6 is 12.2 Å². The van der Waals surface area contributed by atoms with E-state index in [-0.39, 0.29) is 11.0 Å². The third-order valence-corrected chi connectivity index (χ3v) is 4.14. The molecule has 2 N–H and O–H groups in total. The molecule has 6 heteroatoms. The Morgan fingerprint density at radius 1 is 1.08 bits per heavy atom. The maximum Gasteiger partial charge on any atom is 0.257 e. The van der Waals surface area contributed by atoms with Gasteiger partial charge >= 0.3 is 0 Å². The number of nitrogens with one attached hydrogen (secondary N) is 2. The standard InChI is InChI=1S/C20H19N3O2S/c1-14-7-3-4-8-16(14)19(24)22-20(26)21-15-9-10-17(18(13-15)25-2)23-11-5-6-12-23/h3-13H,1-2H3,(H2,21,22,24,26). The molecule has 0 saturated heterocycles. The minimum atomic E-state index is -0.239. The first-order chi connectivity index (χ1) is 12.6. The number of thiocarbonyl (C=S) groups is 1. The molecule has 0 unspecified atom stereocenters. The highest BCUT2D eigenvalue weighted by atomic mass is 32.1. The smallest absolute Gasteiger partial charge is 0.257 e. The van der Waals surface area contributed by atoms with Gasteiger partial charge in [0.1, 0.15) is 5.75 Å². The number of amides is 1. The van der Waals surface area contributed by atoms with Gasteiger partial charge in [0, 0.05) is 29.7 Å². The first-order valence-corrected chi connectivity index (χ1v) is 8.48. The lowest BCUT2D eigenvalue weighted by molar-refractivity contribution is 0.0977. The Morgan fingerprint density at radius 2 is 1.81 bits per heavy atom. The summed E-state index contributed by atoms with van der Waals surface area (Å²) >= 11 is 5.26. The summed E-state index contributed by atoms with van der Waals surface area (Å²) in [6.07, 6.45) is 3.88. The van der Waals surface area contributed by atoms with Gasteiger partial charge in [0.05, 0.1) is 12.8 Å². The van der Waals surface area contributed by atoms with Crippen LogP contribution in [0.5, 0.6) is 5.75 Å². The first-order valence-electron chi connectivity index (χ1n) is 8.08. The van der Waals surface area contributed by atoms with Crippen molar-refractivity contribution in [3.05, 3.63) is 78.1 Å². The molecule has 2 aromatic carbocycles. The number of aryl methyl sites for hydroxylation is 1. The number of rotatable bonds is 4. The summed E-state index contributed by atoms with van der Waals surface area (Å²) in [5.41, 5.74) is 3.13. The van der Waals surface area contributed by atoms with E-state index in [0.717, 1.165) is 16.9 Å². The number of benzene rings is 2. The minimum absolute atomic E-state index is 0.231. The molecule has 0 aliphatic heterocycles. The lowest BCUT2D eigenvalue weighted by Crippen LogP contribution is -2.34. The van der Waals surface area contributed by atoms with Crippen LogP contribution in [0.15, 0.2) is 67.0 Å². The first kappa shape index (κ1) is 17.7. The third kappa shape index (κ3) is 3.92. The second-order valence-electron chi connectivity index (χ2n) is 5.70. The second kappa shape index (κ2) is 7.84. The maximum atomic E-state index is 12.3. The molecule has 0 atom stereocenters. The number of hydrogen-bond acceptors (Lipinski definition) is 3. The molecular formula is C20H19N3O2S. The molecular weight excluding hydrogens is 346 g/mol. The average molecular weight is 365 g/mol. The second-order valence-corrected chi connectivity index (χ2v) is 6.11. The number of nitrogens with zero attached hydrogens (tertiary/aromatic N) is 1. The van der Waals surface area contributed by atoms with Gasteiger partial charge in [0.2, 0.25) is 0 Å². The number of methoxy groups -OCH3 is 1. The molecule has 26 heavy (non-hydrogen) atoms. The van der Waals surface area contributed by atoms with Gasteiger partial charge in [-0.05, 0) is 55.0 Å². The molecule has 5 nitrogen and oxygen atoms in total. The van der Waals surface area contributed by atoms with Crippen LogP contribution in [-0.4, -0.2) is 22.7 Å². The van der Waals surface area contributed by atoms with E-state index >= 15 is 0 Å². The predicted octanol–water partition coefficient (Wildman–Crippen LogP) is 3.92. The number of carbonyl (C=O) groups is 1. The van der Waals surface area contributed by atoms with Gasteiger partial charge in [-0.1, -0.05) is 18.2 Å². The molecule has 0 aliphatic rings. The highest BCUT2D eigenvalue weighted by Crippen LogP contribution is 2.26. The fraction of sp³-hybridized carbons (Fsp3) is 0.100. The number of carbonyl (C=O) groups excluding carboxylic acids is 1. The van der Waals surface area contributed by atoms with Crippen molar-refractivity contribution in [1.29, 1.82) is 0 Å². The zero-order chi connectivity index (χ0) is 18.5. The summed E-state index contributed by atoms with van der Waals surface area (Å²) in [7, 11) is 1.62. The molecule has 0 aliphatic carbocycles. The van der Waals surface area contributed by atoms with Gasteiger partial charge in [-0.15, -0.1) is 0 Å². The van der Waals surface area contributed by atoms with E-state index in [1.165, 1.54) is 0 Å². The van der Waals surface area contributed by atoms with Crippen LogP contribution in [0.3, 0.4) is 0 Å². The summed E-state index contributed by atoms with van der Waals surface area (Å²) < 4.78 is 7.43. The van der Waals surface area contributed by atoms with Crippen molar-refractivity contribution in [2.24, 2.45) is 0 Å². The van der Waals surface area contributed by atoms with Crippen LogP contribution < -0.4 is 15.4 Å². The van der Waals surface area contributed by atoms with Crippen LogP contribution in [-0.2, 0) is 0 Å². The fourth-order valence-electron chi connectivity index (χ4n) is 2.62. The largest absolute Gasteiger partial charge is 0.494 e. The van der Waals surface area contributed by atoms with E-state index in [2.05, 4.69) is 10.6 Å². The fourth-order valence-corrected chi connectivity index (χ4v) is 2.83. The van der Waals surface area contributed by atoms with Gasteiger partial charge in [-0.2, -0.15) is 0 Å². The molecule has 1 amide bonds. The Morgan fingerprint density at radius 3 is 2.50 bits per heavy atom. The lowest BCUT2D eigenvalue weighted by Gasteiger charge is -2.14. The summed E-state index contributed by atoms with van der Waals surface area (Å²) in [5, 5.41) is 5.95. The number of anilines is 1. The Balaban J connectivity index is 1.71. The van der Waals surface area contributed by atoms with Crippen molar-refractivity contribution in [1.82, 2.24) is 9.88 Å². The minimum Gasteiger partial charge on any atom is -0.494 e. The van der Waals surface area contributed by atoms with E-state index in [4.69, 9.17) is 17.0 Å². The van der Waals surface area contributed by atoms with E-state index in [1.54, 1.807) is 13.2 Å². The Bertz CT molecular complexity index is 936. The average Bonchev–Trinajstić information content (AvgIpc) is 3.16.